The van der Waals surface area contributed by atoms with Crippen LogP contribution in [-0.2, 0) is 0 Å². The third-order valence-corrected chi connectivity index (χ3v) is 6.15. The van der Waals surface area contributed by atoms with Crippen LogP contribution in [0.2, 0.25) is 0 Å². The largest absolute Gasteiger partial charge is 0.369 e. The highest BCUT2D eigenvalue weighted by atomic mass is 19.1. The maximum absolute atomic E-state index is 13.6. The molecule has 3 heterocycles. The van der Waals surface area contributed by atoms with Crippen LogP contribution in [0.25, 0.3) is 0 Å². The third-order valence-electron chi connectivity index (χ3n) is 6.15. The lowest BCUT2D eigenvalue weighted by molar-refractivity contribution is 0.361. The first-order valence-corrected chi connectivity index (χ1v) is 10.5. The Kier molecular flexibility index (Phi) is 5.42. The van der Waals surface area contributed by atoms with E-state index < -0.39 is 0 Å². The number of rotatable bonds is 4. The highest BCUT2D eigenvalue weighted by molar-refractivity contribution is 5.56. The van der Waals surface area contributed by atoms with Gasteiger partial charge in [-0.05, 0) is 70.2 Å². The molecule has 2 aliphatic rings. The van der Waals surface area contributed by atoms with Crippen molar-refractivity contribution in [1.29, 1.82) is 0 Å². The van der Waals surface area contributed by atoms with Crippen LogP contribution in [-0.4, -0.2) is 36.2 Å². The van der Waals surface area contributed by atoms with Crippen molar-refractivity contribution in [1.82, 2.24) is 4.98 Å². The Hall–Kier alpha value is -2.30. The molecule has 4 rings (SSSR count). The molecule has 0 amide bonds. The SMILES string of the molecule is CC1(C)CCCCN1c1ccnc(N[C@@H]2CCCN(c3cccc(F)c3)C2)c1. The van der Waals surface area contributed by atoms with Crippen LogP contribution in [0, 0.1) is 5.82 Å². The normalized spacial score (nSPS) is 22.2. The third kappa shape index (κ3) is 4.23. The van der Waals surface area contributed by atoms with E-state index in [1.807, 2.05) is 12.3 Å². The van der Waals surface area contributed by atoms with Crippen molar-refractivity contribution in [3.05, 3.63) is 48.4 Å². The van der Waals surface area contributed by atoms with Gasteiger partial charge in [-0.25, -0.2) is 9.37 Å². The first-order valence-electron chi connectivity index (χ1n) is 10.5. The van der Waals surface area contributed by atoms with Gasteiger partial charge in [-0.2, -0.15) is 0 Å². The molecule has 0 aliphatic carbocycles. The Balaban J connectivity index is 1.45. The van der Waals surface area contributed by atoms with Gasteiger partial charge in [0.2, 0.25) is 0 Å². The van der Waals surface area contributed by atoms with E-state index in [4.69, 9.17) is 0 Å². The molecule has 5 heteroatoms. The molecule has 2 fully saturated rings. The molecular formula is C23H31FN4. The molecule has 2 saturated heterocycles. The van der Waals surface area contributed by atoms with Gasteiger partial charge >= 0.3 is 0 Å². The molecule has 1 aromatic heterocycles. The average molecular weight is 383 g/mol. The Morgan fingerprint density at radius 3 is 2.79 bits per heavy atom. The highest BCUT2D eigenvalue weighted by Gasteiger charge is 2.30. The van der Waals surface area contributed by atoms with E-state index in [0.717, 1.165) is 44.0 Å². The molecule has 0 bridgehead atoms. The second-order valence-corrected chi connectivity index (χ2v) is 8.73. The minimum Gasteiger partial charge on any atom is -0.369 e. The van der Waals surface area contributed by atoms with Gasteiger partial charge in [0, 0.05) is 54.9 Å². The minimum atomic E-state index is -0.175. The highest BCUT2D eigenvalue weighted by Crippen LogP contribution is 2.33. The summed E-state index contributed by atoms with van der Waals surface area (Å²) < 4.78 is 13.6. The molecule has 1 atom stereocenters. The predicted molar refractivity (Wildman–Crippen MR) is 115 cm³/mol. The summed E-state index contributed by atoms with van der Waals surface area (Å²) in [6.45, 7) is 7.60. The average Bonchev–Trinajstić information content (AvgIpc) is 2.68. The lowest BCUT2D eigenvalue weighted by atomic mass is 9.90. The van der Waals surface area contributed by atoms with E-state index in [2.05, 4.69) is 46.1 Å². The molecule has 28 heavy (non-hydrogen) atoms. The Labute approximate surface area is 167 Å². The number of nitrogens with one attached hydrogen (secondary N) is 1. The summed E-state index contributed by atoms with van der Waals surface area (Å²) in [5.41, 5.74) is 2.40. The first kappa shape index (κ1) is 19.0. The number of hydrogen-bond acceptors (Lipinski definition) is 4. The number of anilines is 3. The van der Waals surface area contributed by atoms with Gasteiger partial charge in [0.15, 0.2) is 0 Å². The number of halogens is 1. The van der Waals surface area contributed by atoms with E-state index in [9.17, 15) is 4.39 Å². The topological polar surface area (TPSA) is 31.4 Å². The molecule has 2 aliphatic heterocycles. The fraction of sp³-hybridized carbons (Fsp3) is 0.522. The van der Waals surface area contributed by atoms with Crippen LogP contribution in [0.1, 0.15) is 46.0 Å². The van der Waals surface area contributed by atoms with Crippen LogP contribution < -0.4 is 15.1 Å². The van der Waals surface area contributed by atoms with E-state index in [1.165, 1.54) is 31.0 Å². The smallest absolute Gasteiger partial charge is 0.128 e. The standard InChI is InChI=1S/C23H31FN4/c1-23(2)11-3-4-14-28(23)21-10-12-25-22(16-21)26-19-8-6-13-27(17-19)20-9-5-7-18(24)15-20/h5,7,9-10,12,15-16,19H,3-4,6,8,11,13-14,17H2,1-2H3,(H,25,26)/t19-/m1/s1. The molecule has 0 spiro atoms. The monoisotopic (exact) mass is 382 g/mol. The van der Waals surface area contributed by atoms with Crippen LogP contribution in [0.5, 0.6) is 0 Å². The van der Waals surface area contributed by atoms with Gasteiger partial charge in [0.25, 0.3) is 0 Å². The van der Waals surface area contributed by atoms with Gasteiger partial charge in [-0.1, -0.05) is 6.07 Å². The predicted octanol–water partition coefficient (Wildman–Crippen LogP) is 5.07. The van der Waals surface area contributed by atoms with Crippen molar-refractivity contribution in [2.45, 2.75) is 57.5 Å². The Bertz CT molecular complexity index is 807. The van der Waals surface area contributed by atoms with Crippen LogP contribution in [0.4, 0.5) is 21.6 Å². The fourth-order valence-corrected chi connectivity index (χ4v) is 4.62. The van der Waals surface area contributed by atoms with Crippen molar-refractivity contribution in [3.63, 3.8) is 0 Å². The second-order valence-electron chi connectivity index (χ2n) is 8.73. The van der Waals surface area contributed by atoms with Crippen molar-refractivity contribution >= 4 is 17.2 Å². The molecular weight excluding hydrogens is 351 g/mol. The van der Waals surface area contributed by atoms with E-state index in [-0.39, 0.29) is 11.4 Å². The number of aromatic nitrogens is 1. The summed E-state index contributed by atoms with van der Waals surface area (Å²) in [6.07, 6.45) is 7.89. The van der Waals surface area contributed by atoms with Gasteiger partial charge in [0.1, 0.15) is 11.6 Å². The minimum absolute atomic E-state index is 0.175. The molecule has 2 aromatic rings. The van der Waals surface area contributed by atoms with E-state index in [0.29, 0.717) is 6.04 Å². The maximum atomic E-state index is 13.6. The van der Waals surface area contributed by atoms with Crippen LogP contribution in [0.15, 0.2) is 42.6 Å². The zero-order chi connectivity index (χ0) is 19.6. The Morgan fingerprint density at radius 1 is 1.07 bits per heavy atom. The zero-order valence-electron chi connectivity index (χ0n) is 17.0. The lowest BCUT2D eigenvalue weighted by Gasteiger charge is -2.44. The Morgan fingerprint density at radius 2 is 1.96 bits per heavy atom. The van der Waals surface area contributed by atoms with Crippen molar-refractivity contribution in [3.8, 4) is 0 Å². The summed E-state index contributed by atoms with van der Waals surface area (Å²) in [4.78, 5) is 9.35. The lowest BCUT2D eigenvalue weighted by Crippen LogP contribution is -2.47. The second kappa shape index (κ2) is 7.98. The van der Waals surface area contributed by atoms with Crippen molar-refractivity contribution in [2.75, 3.05) is 34.8 Å². The summed E-state index contributed by atoms with van der Waals surface area (Å²) >= 11 is 0. The van der Waals surface area contributed by atoms with E-state index in [1.54, 1.807) is 12.1 Å². The number of hydrogen-bond donors (Lipinski definition) is 1. The van der Waals surface area contributed by atoms with Gasteiger partial charge < -0.3 is 15.1 Å². The van der Waals surface area contributed by atoms with Crippen LogP contribution in [0.3, 0.4) is 0 Å². The number of benzene rings is 1. The molecule has 4 nitrogen and oxygen atoms in total. The van der Waals surface area contributed by atoms with Gasteiger partial charge in [0.05, 0.1) is 0 Å². The summed E-state index contributed by atoms with van der Waals surface area (Å²) in [6, 6.07) is 11.5. The molecule has 0 saturated carbocycles. The summed E-state index contributed by atoms with van der Waals surface area (Å²) in [5, 5.41) is 3.63. The van der Waals surface area contributed by atoms with Crippen LogP contribution >= 0.6 is 0 Å². The quantitative estimate of drug-likeness (QED) is 0.800. The van der Waals surface area contributed by atoms with Gasteiger partial charge in [-0.3, -0.25) is 0 Å². The number of pyridine rings is 1. The molecule has 0 unspecified atom stereocenters. The van der Waals surface area contributed by atoms with E-state index >= 15 is 0 Å². The maximum Gasteiger partial charge on any atom is 0.128 e. The van der Waals surface area contributed by atoms with Gasteiger partial charge in [-0.15, -0.1) is 0 Å². The molecule has 0 radical (unpaired) electrons. The van der Waals surface area contributed by atoms with Crippen molar-refractivity contribution < 1.29 is 4.39 Å². The molecule has 1 N–H and O–H groups in total. The van der Waals surface area contributed by atoms with Crippen molar-refractivity contribution in [2.24, 2.45) is 0 Å². The first-order chi connectivity index (χ1) is 13.5. The fourth-order valence-electron chi connectivity index (χ4n) is 4.62. The number of nitrogens with zero attached hydrogens (tertiary/aromatic N) is 3. The number of piperidine rings is 2. The molecule has 150 valence electrons. The summed E-state index contributed by atoms with van der Waals surface area (Å²) in [7, 11) is 0. The summed E-state index contributed by atoms with van der Waals surface area (Å²) in [5.74, 6) is 0.760. The zero-order valence-corrected chi connectivity index (χ0v) is 17.0. The molecule has 1 aromatic carbocycles.